The molecule has 0 fully saturated rings. The van der Waals surface area contributed by atoms with Gasteiger partial charge in [-0.15, -0.1) is 0 Å². The molecule has 2 aromatic heterocycles. The van der Waals surface area contributed by atoms with Crippen LogP contribution < -0.4 is 5.73 Å². The summed E-state index contributed by atoms with van der Waals surface area (Å²) in [6.45, 7) is 3.78. The monoisotopic (exact) mass is 201 g/mol. The van der Waals surface area contributed by atoms with Crippen LogP contribution >= 0.6 is 0 Å². The Labute approximate surface area is 87.1 Å². The van der Waals surface area contributed by atoms with Crippen molar-refractivity contribution < 1.29 is 0 Å². The standard InChI is InChI=1S/C10H11N5/c1-3-8-7(4-11)5-15-10(13-8)9(12)6(2)14-15/h5H,3,12H2,1-2H3. The van der Waals surface area contributed by atoms with Crippen molar-refractivity contribution in [1.82, 2.24) is 14.6 Å². The van der Waals surface area contributed by atoms with E-state index in [1.54, 1.807) is 10.7 Å². The van der Waals surface area contributed by atoms with Crippen LogP contribution in [0.15, 0.2) is 6.20 Å². The number of rotatable bonds is 1. The van der Waals surface area contributed by atoms with Gasteiger partial charge in [-0.1, -0.05) is 6.92 Å². The average molecular weight is 201 g/mol. The van der Waals surface area contributed by atoms with Gasteiger partial charge in [-0.2, -0.15) is 10.4 Å². The third-order valence-electron chi connectivity index (χ3n) is 2.36. The van der Waals surface area contributed by atoms with Crippen LogP contribution in [0.3, 0.4) is 0 Å². The van der Waals surface area contributed by atoms with Crippen molar-refractivity contribution in [2.75, 3.05) is 5.73 Å². The fourth-order valence-electron chi connectivity index (χ4n) is 1.50. The highest BCUT2D eigenvalue weighted by Crippen LogP contribution is 2.17. The Kier molecular flexibility index (Phi) is 2.05. The van der Waals surface area contributed by atoms with E-state index in [2.05, 4.69) is 16.2 Å². The number of anilines is 1. The maximum absolute atomic E-state index is 8.92. The van der Waals surface area contributed by atoms with E-state index in [0.29, 0.717) is 23.3 Å². The number of aryl methyl sites for hydroxylation is 2. The number of fused-ring (bicyclic) bond motifs is 1. The van der Waals surface area contributed by atoms with Crippen LogP contribution in [0.5, 0.6) is 0 Å². The number of nitriles is 1. The molecule has 0 aliphatic carbocycles. The van der Waals surface area contributed by atoms with E-state index >= 15 is 0 Å². The third-order valence-corrected chi connectivity index (χ3v) is 2.36. The summed E-state index contributed by atoms with van der Waals surface area (Å²) in [7, 11) is 0. The summed E-state index contributed by atoms with van der Waals surface area (Å²) >= 11 is 0. The molecule has 2 rings (SSSR count). The summed E-state index contributed by atoms with van der Waals surface area (Å²) in [6.07, 6.45) is 2.38. The molecule has 0 aliphatic rings. The van der Waals surface area contributed by atoms with Crippen LogP contribution in [-0.2, 0) is 6.42 Å². The first-order chi connectivity index (χ1) is 7.17. The molecule has 2 heterocycles. The van der Waals surface area contributed by atoms with E-state index < -0.39 is 0 Å². The second kappa shape index (κ2) is 3.24. The van der Waals surface area contributed by atoms with Crippen LogP contribution in [0.1, 0.15) is 23.9 Å². The lowest BCUT2D eigenvalue weighted by Gasteiger charge is -2.00. The minimum Gasteiger partial charge on any atom is -0.394 e. The minimum absolute atomic E-state index is 0.549. The van der Waals surface area contributed by atoms with Gasteiger partial charge in [-0.25, -0.2) is 9.50 Å². The molecule has 0 saturated carbocycles. The van der Waals surface area contributed by atoms with Gasteiger partial charge in [0.2, 0.25) is 0 Å². The first-order valence-corrected chi connectivity index (χ1v) is 4.71. The first kappa shape index (κ1) is 9.46. The number of aromatic nitrogens is 3. The fourth-order valence-corrected chi connectivity index (χ4v) is 1.50. The van der Waals surface area contributed by atoms with Gasteiger partial charge in [-0.3, -0.25) is 0 Å². The van der Waals surface area contributed by atoms with Crippen molar-refractivity contribution in [3.63, 3.8) is 0 Å². The van der Waals surface area contributed by atoms with E-state index in [9.17, 15) is 0 Å². The fraction of sp³-hybridized carbons (Fsp3) is 0.300. The Morgan fingerprint density at radius 2 is 2.33 bits per heavy atom. The Morgan fingerprint density at radius 1 is 1.60 bits per heavy atom. The SMILES string of the molecule is CCc1nc2c(N)c(C)nn2cc1C#N. The number of hydrogen-bond acceptors (Lipinski definition) is 4. The van der Waals surface area contributed by atoms with Gasteiger partial charge >= 0.3 is 0 Å². The molecule has 0 atom stereocenters. The largest absolute Gasteiger partial charge is 0.394 e. The molecule has 76 valence electrons. The lowest BCUT2D eigenvalue weighted by molar-refractivity contribution is 0.890. The molecule has 0 amide bonds. The molecule has 0 radical (unpaired) electrons. The molecule has 2 aromatic rings. The second-order valence-electron chi connectivity index (χ2n) is 3.33. The van der Waals surface area contributed by atoms with Crippen molar-refractivity contribution in [2.24, 2.45) is 0 Å². The van der Waals surface area contributed by atoms with Crippen molar-refractivity contribution in [2.45, 2.75) is 20.3 Å². The maximum atomic E-state index is 8.92. The average Bonchev–Trinajstić information content (AvgIpc) is 2.53. The zero-order chi connectivity index (χ0) is 11.0. The van der Waals surface area contributed by atoms with E-state index in [1.807, 2.05) is 13.8 Å². The summed E-state index contributed by atoms with van der Waals surface area (Å²) in [5.74, 6) is 0. The Balaban J connectivity index is 2.82. The smallest absolute Gasteiger partial charge is 0.178 e. The summed E-state index contributed by atoms with van der Waals surface area (Å²) in [4.78, 5) is 4.34. The lowest BCUT2D eigenvalue weighted by atomic mass is 10.2. The number of nitrogens with zero attached hydrogens (tertiary/aromatic N) is 4. The second-order valence-corrected chi connectivity index (χ2v) is 3.33. The quantitative estimate of drug-likeness (QED) is 0.747. The van der Waals surface area contributed by atoms with Crippen molar-refractivity contribution in [3.05, 3.63) is 23.1 Å². The highest BCUT2D eigenvalue weighted by atomic mass is 15.3. The van der Waals surface area contributed by atoms with Crippen LogP contribution in [0.4, 0.5) is 5.69 Å². The molecule has 0 aliphatic heterocycles. The van der Waals surface area contributed by atoms with Crippen LogP contribution in [0.25, 0.3) is 5.65 Å². The van der Waals surface area contributed by atoms with Gasteiger partial charge in [0.25, 0.3) is 0 Å². The molecular weight excluding hydrogens is 190 g/mol. The van der Waals surface area contributed by atoms with Gasteiger partial charge in [0.05, 0.1) is 23.1 Å². The molecule has 2 N–H and O–H groups in total. The minimum atomic E-state index is 0.549. The van der Waals surface area contributed by atoms with Crippen LogP contribution in [0.2, 0.25) is 0 Å². The maximum Gasteiger partial charge on any atom is 0.178 e. The summed E-state index contributed by atoms with van der Waals surface area (Å²) in [6, 6.07) is 2.10. The highest BCUT2D eigenvalue weighted by molar-refractivity contribution is 5.67. The molecule has 0 unspecified atom stereocenters. The molecule has 5 heteroatoms. The summed E-state index contributed by atoms with van der Waals surface area (Å²) < 4.78 is 1.56. The molecule has 0 bridgehead atoms. The van der Waals surface area contributed by atoms with Gasteiger partial charge in [0.15, 0.2) is 5.65 Å². The van der Waals surface area contributed by atoms with E-state index in [-0.39, 0.29) is 0 Å². The summed E-state index contributed by atoms with van der Waals surface area (Å²) in [5.41, 5.74) is 9.08. The predicted molar refractivity (Wildman–Crippen MR) is 56.2 cm³/mol. The molecule has 0 aromatic carbocycles. The van der Waals surface area contributed by atoms with Crippen LogP contribution in [-0.4, -0.2) is 14.6 Å². The molecule has 0 spiro atoms. The predicted octanol–water partition coefficient (Wildman–Crippen LogP) is 1.05. The molecule has 15 heavy (non-hydrogen) atoms. The van der Waals surface area contributed by atoms with Crippen molar-refractivity contribution in [1.29, 1.82) is 5.26 Å². The molecular formula is C10H11N5. The van der Waals surface area contributed by atoms with Crippen molar-refractivity contribution >= 4 is 11.3 Å². The van der Waals surface area contributed by atoms with Crippen molar-refractivity contribution in [3.8, 4) is 6.07 Å². The van der Waals surface area contributed by atoms with E-state index in [0.717, 1.165) is 11.4 Å². The van der Waals surface area contributed by atoms with Crippen LogP contribution in [0, 0.1) is 18.3 Å². The Morgan fingerprint density at radius 3 is 2.93 bits per heavy atom. The Hall–Kier alpha value is -2.09. The topological polar surface area (TPSA) is 80.0 Å². The zero-order valence-corrected chi connectivity index (χ0v) is 8.65. The van der Waals surface area contributed by atoms with E-state index in [1.165, 1.54) is 0 Å². The van der Waals surface area contributed by atoms with Gasteiger partial charge < -0.3 is 5.73 Å². The summed E-state index contributed by atoms with van der Waals surface area (Å²) in [5, 5.41) is 13.1. The third kappa shape index (κ3) is 1.31. The Bertz CT molecular complexity index is 561. The highest BCUT2D eigenvalue weighted by Gasteiger charge is 2.10. The van der Waals surface area contributed by atoms with Gasteiger partial charge in [-0.05, 0) is 13.3 Å². The first-order valence-electron chi connectivity index (χ1n) is 4.71. The lowest BCUT2D eigenvalue weighted by Crippen LogP contribution is -2.00. The number of nitrogens with two attached hydrogens (primary N) is 1. The van der Waals surface area contributed by atoms with Gasteiger partial charge in [0.1, 0.15) is 11.8 Å². The zero-order valence-electron chi connectivity index (χ0n) is 8.65. The normalized spacial score (nSPS) is 10.5. The van der Waals surface area contributed by atoms with E-state index in [4.69, 9.17) is 11.0 Å². The number of hydrogen-bond donors (Lipinski definition) is 1. The van der Waals surface area contributed by atoms with Gasteiger partial charge in [0, 0.05) is 0 Å². The molecule has 0 saturated heterocycles. The number of nitrogen functional groups attached to an aromatic ring is 1. The molecule has 5 nitrogen and oxygen atoms in total.